The summed E-state index contributed by atoms with van der Waals surface area (Å²) in [5, 5.41) is 3.92. The van der Waals surface area contributed by atoms with E-state index in [0.29, 0.717) is 17.9 Å². The average Bonchev–Trinajstić information content (AvgIpc) is 3.11. The number of carbonyl (C=O) groups is 1. The molecular weight excluding hydrogens is 417 g/mol. The summed E-state index contributed by atoms with van der Waals surface area (Å²) in [7, 11) is 3.96. The van der Waals surface area contributed by atoms with E-state index in [4.69, 9.17) is 0 Å². The highest BCUT2D eigenvalue weighted by molar-refractivity contribution is 6.06. The van der Waals surface area contributed by atoms with Crippen molar-refractivity contribution in [1.82, 2.24) is 9.55 Å². The van der Waals surface area contributed by atoms with Gasteiger partial charge in [-0.1, -0.05) is 18.2 Å². The zero-order valence-electron chi connectivity index (χ0n) is 18.8. The number of rotatable bonds is 6. The normalized spacial score (nSPS) is 13.1. The number of carbonyl (C=O) groups excluding carboxylic acids is 1. The lowest BCUT2D eigenvalue weighted by atomic mass is 10.2. The standard InChI is InChI=1S/C26H26FN5O/c1-30(2)22-9-7-19-14-24(32(23(19)15-22)17-18-5-3-6-20(27)13-18)26(33)29-21-8-10-25(28-16-21)31-11-4-12-31/h3,5-10,13-16H,4,11-12,17H2,1-2H3,(H,29,33). The molecule has 0 aliphatic carbocycles. The summed E-state index contributed by atoms with van der Waals surface area (Å²) in [5.74, 6) is 0.403. The van der Waals surface area contributed by atoms with Gasteiger partial charge in [-0.05, 0) is 54.4 Å². The number of amides is 1. The lowest BCUT2D eigenvalue weighted by Crippen LogP contribution is -2.37. The predicted molar refractivity (Wildman–Crippen MR) is 131 cm³/mol. The minimum atomic E-state index is -0.294. The van der Waals surface area contributed by atoms with E-state index in [1.54, 1.807) is 12.3 Å². The number of anilines is 3. The minimum Gasteiger partial charge on any atom is -0.378 e. The Hall–Kier alpha value is -3.87. The molecule has 3 heterocycles. The van der Waals surface area contributed by atoms with Gasteiger partial charge < -0.3 is 19.7 Å². The van der Waals surface area contributed by atoms with Crippen LogP contribution in [0, 0.1) is 5.82 Å². The first-order chi connectivity index (χ1) is 16.0. The maximum atomic E-state index is 13.8. The molecule has 0 saturated carbocycles. The summed E-state index contributed by atoms with van der Waals surface area (Å²) in [6, 6.07) is 18.2. The van der Waals surface area contributed by atoms with Crippen LogP contribution in [0.5, 0.6) is 0 Å². The molecule has 5 rings (SSSR count). The van der Waals surface area contributed by atoms with E-state index in [1.165, 1.54) is 18.6 Å². The molecule has 2 aromatic carbocycles. The van der Waals surface area contributed by atoms with Crippen molar-refractivity contribution >= 4 is 34.0 Å². The van der Waals surface area contributed by atoms with Crippen LogP contribution in [0.2, 0.25) is 0 Å². The highest BCUT2D eigenvalue weighted by Crippen LogP contribution is 2.27. The second-order valence-electron chi connectivity index (χ2n) is 8.58. The van der Waals surface area contributed by atoms with E-state index in [-0.39, 0.29) is 11.7 Å². The number of pyridine rings is 1. The largest absolute Gasteiger partial charge is 0.378 e. The monoisotopic (exact) mass is 443 g/mol. The van der Waals surface area contributed by atoms with E-state index in [1.807, 2.05) is 60.0 Å². The fourth-order valence-corrected chi connectivity index (χ4v) is 4.08. The first-order valence-electron chi connectivity index (χ1n) is 11.1. The van der Waals surface area contributed by atoms with Crippen LogP contribution in [-0.2, 0) is 6.54 Å². The molecule has 33 heavy (non-hydrogen) atoms. The van der Waals surface area contributed by atoms with Crippen molar-refractivity contribution < 1.29 is 9.18 Å². The molecule has 1 fully saturated rings. The molecule has 168 valence electrons. The summed E-state index contributed by atoms with van der Waals surface area (Å²) in [6.07, 6.45) is 2.88. The lowest BCUT2D eigenvalue weighted by molar-refractivity contribution is 0.101. The summed E-state index contributed by atoms with van der Waals surface area (Å²) >= 11 is 0. The number of hydrogen-bond acceptors (Lipinski definition) is 4. The van der Waals surface area contributed by atoms with Crippen LogP contribution >= 0.6 is 0 Å². The second-order valence-corrected chi connectivity index (χ2v) is 8.58. The van der Waals surface area contributed by atoms with Gasteiger partial charge in [-0.2, -0.15) is 0 Å². The molecule has 1 saturated heterocycles. The second kappa shape index (κ2) is 8.58. The number of hydrogen-bond donors (Lipinski definition) is 1. The van der Waals surface area contributed by atoms with Crippen molar-refractivity contribution in [3.05, 3.63) is 83.9 Å². The van der Waals surface area contributed by atoms with Gasteiger partial charge >= 0.3 is 0 Å². The fraction of sp³-hybridized carbons (Fsp3) is 0.231. The van der Waals surface area contributed by atoms with Crippen LogP contribution in [0.1, 0.15) is 22.5 Å². The van der Waals surface area contributed by atoms with Gasteiger partial charge in [0, 0.05) is 44.8 Å². The van der Waals surface area contributed by atoms with E-state index >= 15 is 0 Å². The van der Waals surface area contributed by atoms with Gasteiger partial charge in [0.15, 0.2) is 0 Å². The molecule has 0 bridgehead atoms. The first-order valence-corrected chi connectivity index (χ1v) is 11.1. The molecule has 1 N–H and O–H groups in total. The molecule has 1 aliphatic heterocycles. The molecule has 0 atom stereocenters. The predicted octanol–water partition coefficient (Wildman–Crippen LogP) is 4.75. The van der Waals surface area contributed by atoms with Gasteiger partial charge in [0.25, 0.3) is 5.91 Å². The molecule has 6 nitrogen and oxygen atoms in total. The summed E-state index contributed by atoms with van der Waals surface area (Å²) in [5.41, 5.74) is 3.89. The molecule has 0 radical (unpaired) electrons. The van der Waals surface area contributed by atoms with E-state index in [2.05, 4.69) is 21.3 Å². The lowest BCUT2D eigenvalue weighted by Gasteiger charge is -2.31. The SMILES string of the molecule is CN(C)c1ccc2cc(C(=O)Nc3ccc(N4CCC4)nc3)n(Cc3cccc(F)c3)c2c1. The molecule has 1 amide bonds. The van der Waals surface area contributed by atoms with Gasteiger partial charge in [-0.15, -0.1) is 0 Å². The van der Waals surface area contributed by atoms with Crippen LogP contribution in [0.25, 0.3) is 10.9 Å². The van der Waals surface area contributed by atoms with Crippen molar-refractivity contribution in [2.24, 2.45) is 0 Å². The van der Waals surface area contributed by atoms with Crippen molar-refractivity contribution in [3.8, 4) is 0 Å². The Kier molecular flexibility index (Phi) is 5.46. The Morgan fingerprint density at radius 2 is 1.94 bits per heavy atom. The number of aromatic nitrogens is 2. The van der Waals surface area contributed by atoms with Crippen molar-refractivity contribution in [2.45, 2.75) is 13.0 Å². The third-order valence-corrected chi connectivity index (χ3v) is 6.05. The third-order valence-electron chi connectivity index (χ3n) is 6.05. The van der Waals surface area contributed by atoms with Gasteiger partial charge in [-0.25, -0.2) is 9.37 Å². The highest BCUT2D eigenvalue weighted by Gasteiger charge is 2.19. The molecule has 4 aromatic rings. The van der Waals surface area contributed by atoms with Crippen LogP contribution in [0.4, 0.5) is 21.6 Å². The molecule has 2 aromatic heterocycles. The quantitative estimate of drug-likeness (QED) is 0.467. The Balaban J connectivity index is 1.49. The van der Waals surface area contributed by atoms with Crippen LogP contribution < -0.4 is 15.1 Å². The summed E-state index contributed by atoms with van der Waals surface area (Å²) < 4.78 is 15.8. The Morgan fingerprint density at radius 3 is 2.61 bits per heavy atom. The Labute approximate surface area is 192 Å². The van der Waals surface area contributed by atoms with Gasteiger partial charge in [0.2, 0.25) is 0 Å². The number of nitrogens with zero attached hydrogens (tertiary/aromatic N) is 4. The zero-order chi connectivity index (χ0) is 22.9. The zero-order valence-corrected chi connectivity index (χ0v) is 18.8. The summed E-state index contributed by atoms with van der Waals surface area (Å²) in [4.78, 5) is 22.0. The first kappa shape index (κ1) is 21.0. The van der Waals surface area contributed by atoms with Crippen LogP contribution in [0.3, 0.4) is 0 Å². The summed E-state index contributed by atoms with van der Waals surface area (Å²) in [6.45, 7) is 2.43. The van der Waals surface area contributed by atoms with E-state index in [0.717, 1.165) is 41.1 Å². The molecule has 0 unspecified atom stereocenters. The maximum absolute atomic E-state index is 13.8. The van der Waals surface area contributed by atoms with Crippen molar-refractivity contribution in [3.63, 3.8) is 0 Å². The van der Waals surface area contributed by atoms with Crippen LogP contribution in [-0.4, -0.2) is 42.6 Å². The van der Waals surface area contributed by atoms with Gasteiger partial charge in [0.05, 0.1) is 17.4 Å². The Morgan fingerprint density at radius 1 is 1.09 bits per heavy atom. The van der Waals surface area contributed by atoms with Gasteiger partial charge in [-0.3, -0.25) is 4.79 Å². The average molecular weight is 444 g/mol. The smallest absolute Gasteiger partial charge is 0.272 e. The topological polar surface area (TPSA) is 53.4 Å². The minimum absolute atomic E-state index is 0.229. The number of nitrogens with one attached hydrogen (secondary N) is 1. The third kappa shape index (κ3) is 4.26. The number of benzene rings is 2. The fourth-order valence-electron chi connectivity index (χ4n) is 4.08. The Bertz CT molecular complexity index is 1310. The molecular formula is C26H26FN5O. The van der Waals surface area contributed by atoms with Crippen LogP contribution in [0.15, 0.2) is 66.9 Å². The number of halogens is 1. The molecule has 0 spiro atoms. The van der Waals surface area contributed by atoms with E-state index in [9.17, 15) is 9.18 Å². The number of fused-ring (bicyclic) bond motifs is 1. The van der Waals surface area contributed by atoms with Crippen molar-refractivity contribution in [1.29, 1.82) is 0 Å². The molecule has 1 aliphatic rings. The van der Waals surface area contributed by atoms with Crippen molar-refractivity contribution in [2.75, 3.05) is 42.3 Å². The van der Waals surface area contributed by atoms with E-state index < -0.39 is 0 Å². The van der Waals surface area contributed by atoms with Gasteiger partial charge in [0.1, 0.15) is 17.3 Å². The molecule has 7 heteroatoms. The highest BCUT2D eigenvalue weighted by atomic mass is 19.1. The maximum Gasteiger partial charge on any atom is 0.272 e.